The van der Waals surface area contributed by atoms with E-state index in [0.717, 1.165) is 31.1 Å². The summed E-state index contributed by atoms with van der Waals surface area (Å²) < 4.78 is 5.69. The van der Waals surface area contributed by atoms with Gasteiger partial charge >= 0.3 is 0 Å². The Kier molecular flexibility index (Phi) is 4.48. The lowest BCUT2D eigenvalue weighted by Gasteiger charge is -2.41. The molecule has 2 atom stereocenters. The van der Waals surface area contributed by atoms with Crippen LogP contribution in [-0.4, -0.2) is 25.8 Å². The van der Waals surface area contributed by atoms with Gasteiger partial charge in [0.1, 0.15) is 0 Å². The minimum atomic E-state index is 0.526. The minimum Gasteiger partial charge on any atom is -0.381 e. The number of nitrogens with one attached hydrogen (secondary N) is 1. The second kappa shape index (κ2) is 5.71. The van der Waals surface area contributed by atoms with Crippen LogP contribution in [0.3, 0.4) is 0 Å². The highest BCUT2D eigenvalue weighted by Gasteiger charge is 2.35. The Morgan fingerprint density at radius 2 is 1.94 bits per heavy atom. The maximum atomic E-state index is 5.69. The van der Waals surface area contributed by atoms with Gasteiger partial charge in [-0.15, -0.1) is 0 Å². The molecule has 0 spiro atoms. The Morgan fingerprint density at radius 1 is 1.18 bits per heavy atom. The van der Waals surface area contributed by atoms with Gasteiger partial charge in [0.2, 0.25) is 0 Å². The summed E-state index contributed by atoms with van der Waals surface area (Å²) in [6, 6.07) is 0.845. The van der Waals surface area contributed by atoms with Crippen molar-refractivity contribution in [1.29, 1.82) is 0 Å². The molecule has 0 bridgehead atoms. The average Bonchev–Trinajstić information content (AvgIpc) is 3.08. The van der Waals surface area contributed by atoms with Gasteiger partial charge in [-0.05, 0) is 62.8 Å². The number of hydrogen-bond donors (Lipinski definition) is 1. The quantitative estimate of drug-likeness (QED) is 0.768. The van der Waals surface area contributed by atoms with Gasteiger partial charge < -0.3 is 10.1 Å². The normalized spacial score (nSPS) is 32.6. The summed E-state index contributed by atoms with van der Waals surface area (Å²) >= 11 is 0. The maximum absolute atomic E-state index is 5.69. The highest BCUT2D eigenvalue weighted by atomic mass is 16.5. The topological polar surface area (TPSA) is 21.3 Å². The smallest absolute Gasteiger partial charge is 0.0497 e. The van der Waals surface area contributed by atoms with E-state index < -0.39 is 0 Å². The number of hydrogen-bond acceptors (Lipinski definition) is 2. The van der Waals surface area contributed by atoms with Crippen LogP contribution < -0.4 is 5.32 Å². The predicted octanol–water partition coefficient (Wildman–Crippen LogP) is 3.22. The Balaban J connectivity index is 1.82. The first-order valence-corrected chi connectivity index (χ1v) is 7.42. The van der Waals surface area contributed by atoms with Crippen LogP contribution in [0.4, 0.5) is 0 Å². The maximum Gasteiger partial charge on any atom is 0.0497 e. The van der Waals surface area contributed by atoms with Gasteiger partial charge in [-0.1, -0.05) is 13.8 Å². The minimum absolute atomic E-state index is 0.526. The van der Waals surface area contributed by atoms with Gasteiger partial charge in [0, 0.05) is 19.3 Å². The van der Waals surface area contributed by atoms with Crippen molar-refractivity contribution in [3.05, 3.63) is 0 Å². The molecule has 0 heterocycles. The largest absolute Gasteiger partial charge is 0.381 e. The molecular weight excluding hydrogens is 210 g/mol. The molecule has 0 radical (unpaired) electrons. The SMILES string of the molecule is CCOCC1CC(C)(C)CCC1CNC1CC1. The Morgan fingerprint density at radius 3 is 2.59 bits per heavy atom. The van der Waals surface area contributed by atoms with Crippen LogP contribution >= 0.6 is 0 Å². The van der Waals surface area contributed by atoms with Gasteiger partial charge in [0.15, 0.2) is 0 Å². The van der Waals surface area contributed by atoms with Crippen LogP contribution in [0.2, 0.25) is 0 Å². The Bertz CT molecular complexity index is 233. The zero-order valence-corrected chi connectivity index (χ0v) is 11.8. The average molecular weight is 239 g/mol. The summed E-state index contributed by atoms with van der Waals surface area (Å²) in [6.07, 6.45) is 6.89. The monoisotopic (exact) mass is 239 g/mol. The second-order valence-corrected chi connectivity index (χ2v) is 6.77. The van der Waals surface area contributed by atoms with E-state index in [4.69, 9.17) is 4.74 Å². The van der Waals surface area contributed by atoms with Gasteiger partial charge in [0.25, 0.3) is 0 Å². The number of rotatable bonds is 6. The standard InChI is InChI=1S/C15H29NO/c1-4-17-11-13-9-15(2,3)8-7-12(13)10-16-14-5-6-14/h12-14,16H,4-11H2,1-3H3. The van der Waals surface area contributed by atoms with Crippen molar-refractivity contribution in [3.63, 3.8) is 0 Å². The Hall–Kier alpha value is -0.0800. The van der Waals surface area contributed by atoms with E-state index in [1.54, 1.807) is 0 Å². The number of ether oxygens (including phenoxy) is 1. The van der Waals surface area contributed by atoms with Gasteiger partial charge in [-0.25, -0.2) is 0 Å². The third-order valence-electron chi connectivity index (χ3n) is 4.46. The predicted molar refractivity (Wildman–Crippen MR) is 72.1 cm³/mol. The van der Waals surface area contributed by atoms with Crippen molar-refractivity contribution in [1.82, 2.24) is 5.32 Å². The molecule has 17 heavy (non-hydrogen) atoms. The zero-order valence-electron chi connectivity index (χ0n) is 11.8. The molecule has 100 valence electrons. The summed E-state index contributed by atoms with van der Waals surface area (Å²) in [6.45, 7) is 9.98. The van der Waals surface area contributed by atoms with Crippen molar-refractivity contribution < 1.29 is 4.74 Å². The van der Waals surface area contributed by atoms with Crippen LogP contribution in [0.1, 0.15) is 52.9 Å². The zero-order chi connectivity index (χ0) is 12.3. The first-order valence-electron chi connectivity index (χ1n) is 7.42. The summed E-state index contributed by atoms with van der Waals surface area (Å²) in [5, 5.41) is 3.70. The van der Waals surface area contributed by atoms with Crippen LogP contribution in [0.15, 0.2) is 0 Å². The van der Waals surface area contributed by atoms with E-state index in [9.17, 15) is 0 Å². The third kappa shape index (κ3) is 4.26. The molecule has 2 rings (SSSR count). The summed E-state index contributed by atoms with van der Waals surface area (Å²) in [5.41, 5.74) is 0.526. The molecule has 2 aliphatic rings. The second-order valence-electron chi connectivity index (χ2n) is 6.77. The molecular formula is C15H29NO. The highest BCUT2D eigenvalue weighted by Crippen LogP contribution is 2.42. The third-order valence-corrected chi connectivity index (χ3v) is 4.46. The molecule has 2 nitrogen and oxygen atoms in total. The van der Waals surface area contributed by atoms with E-state index in [-0.39, 0.29) is 0 Å². The van der Waals surface area contributed by atoms with Crippen molar-refractivity contribution in [2.75, 3.05) is 19.8 Å². The summed E-state index contributed by atoms with van der Waals surface area (Å²) in [7, 11) is 0. The van der Waals surface area contributed by atoms with Gasteiger partial charge in [-0.3, -0.25) is 0 Å². The van der Waals surface area contributed by atoms with Crippen molar-refractivity contribution in [2.24, 2.45) is 17.3 Å². The molecule has 0 aromatic heterocycles. The van der Waals surface area contributed by atoms with Crippen LogP contribution in [-0.2, 0) is 4.74 Å². The van der Waals surface area contributed by atoms with E-state index in [0.29, 0.717) is 5.41 Å². The molecule has 1 N–H and O–H groups in total. The lowest BCUT2D eigenvalue weighted by Crippen LogP contribution is -2.38. The lowest BCUT2D eigenvalue weighted by molar-refractivity contribution is 0.0294. The van der Waals surface area contributed by atoms with E-state index in [1.807, 2.05) is 0 Å². The van der Waals surface area contributed by atoms with E-state index in [1.165, 1.54) is 38.6 Å². The molecule has 0 amide bonds. The summed E-state index contributed by atoms with van der Waals surface area (Å²) in [4.78, 5) is 0. The fourth-order valence-corrected chi connectivity index (χ4v) is 3.13. The molecule has 0 aromatic rings. The lowest BCUT2D eigenvalue weighted by atomic mass is 9.67. The van der Waals surface area contributed by atoms with Crippen LogP contribution in [0, 0.1) is 17.3 Å². The molecule has 2 heteroatoms. The summed E-state index contributed by atoms with van der Waals surface area (Å²) in [5.74, 6) is 1.61. The molecule has 2 aliphatic carbocycles. The first kappa shape index (κ1) is 13.4. The molecule has 2 unspecified atom stereocenters. The van der Waals surface area contributed by atoms with E-state index in [2.05, 4.69) is 26.1 Å². The molecule has 0 aromatic carbocycles. The van der Waals surface area contributed by atoms with Crippen molar-refractivity contribution in [3.8, 4) is 0 Å². The van der Waals surface area contributed by atoms with Crippen LogP contribution in [0.25, 0.3) is 0 Å². The highest BCUT2D eigenvalue weighted by molar-refractivity contribution is 4.88. The van der Waals surface area contributed by atoms with Gasteiger partial charge in [0.05, 0.1) is 0 Å². The molecule has 2 saturated carbocycles. The van der Waals surface area contributed by atoms with Crippen molar-refractivity contribution in [2.45, 2.75) is 58.9 Å². The Labute approximate surface area is 107 Å². The van der Waals surface area contributed by atoms with E-state index >= 15 is 0 Å². The van der Waals surface area contributed by atoms with Crippen molar-refractivity contribution >= 4 is 0 Å². The molecule has 2 fully saturated rings. The molecule has 0 aliphatic heterocycles. The van der Waals surface area contributed by atoms with Gasteiger partial charge in [-0.2, -0.15) is 0 Å². The molecule has 0 saturated heterocycles. The fraction of sp³-hybridized carbons (Fsp3) is 1.00. The first-order chi connectivity index (χ1) is 8.11. The fourth-order valence-electron chi connectivity index (χ4n) is 3.13. The van der Waals surface area contributed by atoms with Crippen LogP contribution in [0.5, 0.6) is 0 Å².